The summed E-state index contributed by atoms with van der Waals surface area (Å²) in [5, 5.41) is 4.52. The highest BCUT2D eigenvalue weighted by atomic mass is 35.5. The lowest BCUT2D eigenvalue weighted by Gasteiger charge is -2.33. The molecule has 3 heterocycles. The molecule has 0 aliphatic carbocycles. The fourth-order valence-corrected chi connectivity index (χ4v) is 3.41. The predicted molar refractivity (Wildman–Crippen MR) is 87.5 cm³/mol. The first-order chi connectivity index (χ1) is 10.7. The summed E-state index contributed by atoms with van der Waals surface area (Å²) in [6, 6.07) is 3.76. The minimum absolute atomic E-state index is 0.0138. The van der Waals surface area contributed by atoms with Crippen LogP contribution in [0.3, 0.4) is 0 Å². The van der Waals surface area contributed by atoms with Crippen LogP contribution in [0.15, 0.2) is 35.3 Å². The highest BCUT2D eigenvalue weighted by Crippen LogP contribution is 2.25. The minimum Gasteiger partial charge on any atom is -0.487 e. The number of halogens is 1. The summed E-state index contributed by atoms with van der Waals surface area (Å²) in [6.45, 7) is 1.41. The van der Waals surface area contributed by atoms with Crippen LogP contribution in [0, 0.1) is 0 Å². The zero-order valence-corrected chi connectivity index (χ0v) is 13.6. The summed E-state index contributed by atoms with van der Waals surface area (Å²) in [5.74, 6) is 0.793. The van der Waals surface area contributed by atoms with Crippen molar-refractivity contribution in [3.8, 4) is 5.75 Å². The smallest absolute Gasteiger partial charge is 0.227 e. The molecule has 0 radical (unpaired) electrons. The van der Waals surface area contributed by atoms with E-state index in [1.54, 1.807) is 29.8 Å². The molecule has 116 valence electrons. The number of hydrogen-bond donors (Lipinski definition) is 0. The maximum absolute atomic E-state index is 12.4. The number of aromatic nitrogens is 1. The third-order valence-corrected chi connectivity index (χ3v) is 4.71. The molecule has 1 aliphatic rings. The van der Waals surface area contributed by atoms with Crippen LogP contribution in [0.4, 0.5) is 0 Å². The predicted octanol–water partition coefficient (Wildman–Crippen LogP) is 3.41. The Morgan fingerprint density at radius 2 is 2.41 bits per heavy atom. The molecule has 1 unspecified atom stereocenters. The van der Waals surface area contributed by atoms with Crippen molar-refractivity contribution in [1.82, 2.24) is 9.88 Å². The standard InChI is InChI=1S/C16H17ClN2O2S/c17-14-9-18-5-3-15(14)21-13-2-1-6-19(10-13)16(20)8-12-4-7-22-11-12/h3-5,7,9,11,13H,1-2,6,8,10H2. The van der Waals surface area contributed by atoms with Crippen molar-refractivity contribution in [3.63, 3.8) is 0 Å². The van der Waals surface area contributed by atoms with E-state index in [-0.39, 0.29) is 12.0 Å². The maximum atomic E-state index is 12.4. The van der Waals surface area contributed by atoms with Crippen molar-refractivity contribution < 1.29 is 9.53 Å². The fraction of sp³-hybridized carbons (Fsp3) is 0.375. The normalized spacial score (nSPS) is 18.2. The number of carbonyl (C=O) groups excluding carboxylic acids is 1. The lowest BCUT2D eigenvalue weighted by atomic mass is 10.1. The Balaban J connectivity index is 1.59. The van der Waals surface area contributed by atoms with Crippen LogP contribution in [-0.4, -0.2) is 35.0 Å². The lowest BCUT2D eigenvalue weighted by Crippen LogP contribution is -2.45. The Bertz CT molecular complexity index is 633. The number of nitrogens with zero attached hydrogens (tertiary/aromatic N) is 2. The Hall–Kier alpha value is -1.59. The zero-order chi connectivity index (χ0) is 15.4. The number of thiophene rings is 1. The van der Waals surface area contributed by atoms with Gasteiger partial charge in [0, 0.05) is 25.0 Å². The van der Waals surface area contributed by atoms with Crippen molar-refractivity contribution >= 4 is 28.8 Å². The quantitative estimate of drug-likeness (QED) is 0.859. The molecular formula is C16H17ClN2O2S. The van der Waals surface area contributed by atoms with Gasteiger partial charge in [-0.25, -0.2) is 0 Å². The van der Waals surface area contributed by atoms with E-state index in [4.69, 9.17) is 16.3 Å². The topological polar surface area (TPSA) is 42.4 Å². The SMILES string of the molecule is O=C(Cc1ccsc1)N1CCCC(Oc2ccncc2Cl)C1. The molecule has 1 saturated heterocycles. The van der Waals surface area contributed by atoms with Gasteiger partial charge >= 0.3 is 0 Å². The number of piperidine rings is 1. The third kappa shape index (κ3) is 3.78. The molecule has 0 bridgehead atoms. The summed E-state index contributed by atoms with van der Waals surface area (Å²) in [6.07, 6.45) is 5.55. The van der Waals surface area contributed by atoms with Crippen LogP contribution in [0.1, 0.15) is 18.4 Å². The van der Waals surface area contributed by atoms with Gasteiger partial charge in [0.15, 0.2) is 0 Å². The van der Waals surface area contributed by atoms with E-state index in [2.05, 4.69) is 4.98 Å². The number of ether oxygens (including phenoxy) is 1. The van der Waals surface area contributed by atoms with Gasteiger partial charge in [0.25, 0.3) is 0 Å². The molecule has 2 aromatic rings. The molecule has 6 heteroatoms. The maximum Gasteiger partial charge on any atom is 0.227 e. The van der Waals surface area contributed by atoms with E-state index >= 15 is 0 Å². The van der Waals surface area contributed by atoms with Gasteiger partial charge in [0.1, 0.15) is 16.9 Å². The minimum atomic E-state index is -0.0138. The molecule has 2 aromatic heterocycles. The molecule has 1 fully saturated rings. The molecule has 0 N–H and O–H groups in total. The molecule has 0 saturated carbocycles. The van der Waals surface area contributed by atoms with Gasteiger partial charge < -0.3 is 9.64 Å². The van der Waals surface area contributed by atoms with E-state index < -0.39 is 0 Å². The molecule has 3 rings (SSSR count). The summed E-state index contributed by atoms with van der Waals surface area (Å²) >= 11 is 7.69. The van der Waals surface area contributed by atoms with Crippen LogP contribution in [0.25, 0.3) is 0 Å². The molecular weight excluding hydrogens is 320 g/mol. The van der Waals surface area contributed by atoms with Gasteiger partial charge in [-0.1, -0.05) is 11.6 Å². The molecule has 1 aliphatic heterocycles. The van der Waals surface area contributed by atoms with Gasteiger partial charge in [0.2, 0.25) is 5.91 Å². The Kier molecular flexibility index (Phi) is 4.95. The number of pyridine rings is 1. The van der Waals surface area contributed by atoms with Gasteiger partial charge in [-0.15, -0.1) is 0 Å². The van der Waals surface area contributed by atoms with E-state index in [0.29, 0.717) is 23.7 Å². The van der Waals surface area contributed by atoms with Gasteiger partial charge in [0.05, 0.1) is 13.0 Å². The van der Waals surface area contributed by atoms with Gasteiger partial charge in [-0.05, 0) is 35.2 Å². The molecule has 1 amide bonds. The number of amides is 1. The second kappa shape index (κ2) is 7.11. The van der Waals surface area contributed by atoms with E-state index in [1.807, 2.05) is 21.7 Å². The van der Waals surface area contributed by atoms with Crippen LogP contribution >= 0.6 is 22.9 Å². The van der Waals surface area contributed by atoms with Crippen LogP contribution in [0.2, 0.25) is 5.02 Å². The number of carbonyl (C=O) groups is 1. The first-order valence-electron chi connectivity index (χ1n) is 7.27. The summed E-state index contributed by atoms with van der Waals surface area (Å²) in [7, 11) is 0. The molecule has 22 heavy (non-hydrogen) atoms. The first kappa shape index (κ1) is 15.3. The van der Waals surface area contributed by atoms with Crippen molar-refractivity contribution in [2.75, 3.05) is 13.1 Å². The van der Waals surface area contributed by atoms with Crippen LogP contribution in [0.5, 0.6) is 5.75 Å². The Morgan fingerprint density at radius 1 is 1.50 bits per heavy atom. The summed E-state index contributed by atoms with van der Waals surface area (Å²) < 4.78 is 5.94. The zero-order valence-electron chi connectivity index (χ0n) is 12.1. The lowest BCUT2D eigenvalue weighted by molar-refractivity contribution is -0.133. The number of rotatable bonds is 4. The number of hydrogen-bond acceptors (Lipinski definition) is 4. The van der Waals surface area contributed by atoms with Crippen molar-refractivity contribution in [2.45, 2.75) is 25.4 Å². The number of likely N-dealkylation sites (tertiary alicyclic amines) is 1. The monoisotopic (exact) mass is 336 g/mol. The second-order valence-electron chi connectivity index (χ2n) is 5.34. The highest BCUT2D eigenvalue weighted by molar-refractivity contribution is 7.08. The second-order valence-corrected chi connectivity index (χ2v) is 6.52. The largest absolute Gasteiger partial charge is 0.487 e. The fourth-order valence-electron chi connectivity index (χ4n) is 2.58. The van der Waals surface area contributed by atoms with Crippen LogP contribution < -0.4 is 4.74 Å². The summed E-state index contributed by atoms with van der Waals surface area (Å²) in [4.78, 5) is 18.2. The van der Waals surface area contributed by atoms with Crippen LogP contribution in [-0.2, 0) is 11.2 Å². The average Bonchev–Trinajstić information content (AvgIpc) is 3.03. The van der Waals surface area contributed by atoms with Gasteiger partial charge in [-0.2, -0.15) is 11.3 Å². The molecule has 0 aromatic carbocycles. The third-order valence-electron chi connectivity index (χ3n) is 3.70. The van der Waals surface area contributed by atoms with Crippen molar-refractivity contribution in [1.29, 1.82) is 0 Å². The molecule has 1 atom stereocenters. The highest BCUT2D eigenvalue weighted by Gasteiger charge is 2.25. The summed E-state index contributed by atoms with van der Waals surface area (Å²) in [5.41, 5.74) is 1.08. The molecule has 0 spiro atoms. The Morgan fingerprint density at radius 3 is 3.18 bits per heavy atom. The van der Waals surface area contributed by atoms with E-state index in [9.17, 15) is 4.79 Å². The van der Waals surface area contributed by atoms with Gasteiger partial charge in [-0.3, -0.25) is 9.78 Å². The van der Waals surface area contributed by atoms with E-state index in [0.717, 1.165) is 24.9 Å². The van der Waals surface area contributed by atoms with Crippen molar-refractivity contribution in [3.05, 3.63) is 45.9 Å². The average molecular weight is 337 g/mol. The Labute approximate surface area is 138 Å². The van der Waals surface area contributed by atoms with Crippen molar-refractivity contribution in [2.24, 2.45) is 0 Å². The molecule has 4 nitrogen and oxygen atoms in total. The first-order valence-corrected chi connectivity index (χ1v) is 8.59. The van der Waals surface area contributed by atoms with E-state index in [1.165, 1.54) is 0 Å².